The van der Waals surface area contributed by atoms with Crippen molar-refractivity contribution in [2.45, 2.75) is 39.3 Å². The van der Waals surface area contributed by atoms with Crippen LogP contribution in [0.25, 0.3) is 0 Å². The predicted octanol–water partition coefficient (Wildman–Crippen LogP) is 2.20. The van der Waals surface area contributed by atoms with Gasteiger partial charge in [0.25, 0.3) is 0 Å². The maximum atomic E-state index is 6.24. The molecule has 2 atom stereocenters. The molecule has 0 aliphatic carbocycles. The molecule has 1 rings (SSSR count). The highest BCUT2D eigenvalue weighted by Gasteiger charge is 2.23. The Morgan fingerprint density at radius 2 is 1.75 bits per heavy atom. The molecule has 0 aromatic carbocycles. The number of nitrogens with two attached hydrogens (primary N) is 1. The molecule has 3 heteroatoms. The molecule has 90 valence electrons. The molecule has 0 fully saturated rings. The third kappa shape index (κ3) is 3.03. The van der Waals surface area contributed by atoms with Crippen LogP contribution in [0.15, 0.2) is 24.5 Å². The summed E-state index contributed by atoms with van der Waals surface area (Å²) in [7, 11) is 0. The largest absolute Gasteiger partial charge is 0.326 e. The fourth-order valence-corrected chi connectivity index (χ4v) is 2.13. The second-order valence-corrected chi connectivity index (χ2v) is 4.02. The minimum Gasteiger partial charge on any atom is -0.326 e. The lowest BCUT2D eigenvalue weighted by molar-refractivity contribution is 0.187. The van der Waals surface area contributed by atoms with Gasteiger partial charge in [-0.05, 0) is 37.2 Å². The van der Waals surface area contributed by atoms with Crippen LogP contribution in [0.4, 0.5) is 0 Å². The standard InChI is InChI=1S/C13H23N3/c1-4-12(14)13(16(5-2)6-3)11-7-9-15-10-8-11/h7-10,12-13H,4-6,14H2,1-3H3. The van der Waals surface area contributed by atoms with Gasteiger partial charge >= 0.3 is 0 Å². The lowest BCUT2D eigenvalue weighted by Gasteiger charge is -2.34. The van der Waals surface area contributed by atoms with E-state index in [2.05, 4.69) is 42.8 Å². The SMILES string of the molecule is CCC(N)C(c1ccncc1)N(CC)CC. The third-order valence-corrected chi connectivity index (χ3v) is 3.13. The molecule has 0 amide bonds. The first-order valence-corrected chi connectivity index (χ1v) is 6.14. The van der Waals surface area contributed by atoms with Crippen LogP contribution >= 0.6 is 0 Å². The van der Waals surface area contributed by atoms with Crippen LogP contribution in [0, 0.1) is 0 Å². The fraction of sp³-hybridized carbons (Fsp3) is 0.615. The van der Waals surface area contributed by atoms with Crippen molar-refractivity contribution in [2.75, 3.05) is 13.1 Å². The zero-order chi connectivity index (χ0) is 12.0. The monoisotopic (exact) mass is 221 g/mol. The Labute approximate surface area is 98.7 Å². The minimum atomic E-state index is 0.183. The number of pyridine rings is 1. The Balaban J connectivity index is 2.95. The summed E-state index contributed by atoms with van der Waals surface area (Å²) in [6, 6.07) is 4.63. The number of rotatable bonds is 6. The van der Waals surface area contributed by atoms with E-state index in [4.69, 9.17) is 5.73 Å². The fourth-order valence-electron chi connectivity index (χ4n) is 2.13. The summed E-state index contributed by atoms with van der Waals surface area (Å²) in [6.07, 6.45) is 4.67. The number of aromatic nitrogens is 1. The van der Waals surface area contributed by atoms with Crippen LogP contribution in [-0.2, 0) is 0 Å². The Morgan fingerprint density at radius 1 is 1.19 bits per heavy atom. The van der Waals surface area contributed by atoms with Crippen molar-refractivity contribution in [3.63, 3.8) is 0 Å². The highest BCUT2D eigenvalue weighted by Crippen LogP contribution is 2.24. The smallest absolute Gasteiger partial charge is 0.0499 e. The zero-order valence-electron chi connectivity index (χ0n) is 10.6. The average Bonchev–Trinajstić information content (AvgIpc) is 2.36. The first kappa shape index (κ1) is 13.1. The third-order valence-electron chi connectivity index (χ3n) is 3.13. The van der Waals surface area contributed by atoms with E-state index in [0.717, 1.165) is 19.5 Å². The molecule has 1 aromatic heterocycles. The van der Waals surface area contributed by atoms with Gasteiger partial charge in [0, 0.05) is 24.5 Å². The maximum Gasteiger partial charge on any atom is 0.0499 e. The Bertz CT molecular complexity index is 282. The van der Waals surface area contributed by atoms with Gasteiger partial charge in [-0.25, -0.2) is 0 Å². The number of hydrogen-bond donors (Lipinski definition) is 1. The van der Waals surface area contributed by atoms with E-state index in [1.165, 1.54) is 5.56 Å². The van der Waals surface area contributed by atoms with Gasteiger partial charge < -0.3 is 5.73 Å². The summed E-state index contributed by atoms with van der Waals surface area (Å²) in [5.41, 5.74) is 7.51. The molecule has 0 saturated carbocycles. The molecule has 1 heterocycles. The van der Waals surface area contributed by atoms with Crippen LogP contribution in [0.2, 0.25) is 0 Å². The van der Waals surface area contributed by atoms with E-state index in [-0.39, 0.29) is 6.04 Å². The number of hydrogen-bond acceptors (Lipinski definition) is 3. The quantitative estimate of drug-likeness (QED) is 0.800. The van der Waals surface area contributed by atoms with Gasteiger partial charge in [-0.3, -0.25) is 9.88 Å². The average molecular weight is 221 g/mol. The Kier molecular flexibility index (Phi) is 5.43. The first-order chi connectivity index (χ1) is 7.74. The molecule has 16 heavy (non-hydrogen) atoms. The van der Waals surface area contributed by atoms with Crippen molar-refractivity contribution in [1.29, 1.82) is 0 Å². The van der Waals surface area contributed by atoms with Crippen LogP contribution in [0.1, 0.15) is 38.8 Å². The summed E-state index contributed by atoms with van der Waals surface area (Å²) in [5.74, 6) is 0. The lowest BCUT2D eigenvalue weighted by atomic mass is 9.97. The van der Waals surface area contributed by atoms with E-state index in [1.807, 2.05) is 12.4 Å². The van der Waals surface area contributed by atoms with Gasteiger partial charge in [0.15, 0.2) is 0 Å². The first-order valence-electron chi connectivity index (χ1n) is 6.14. The molecule has 0 spiro atoms. The van der Waals surface area contributed by atoms with E-state index >= 15 is 0 Å². The molecule has 0 saturated heterocycles. The van der Waals surface area contributed by atoms with Gasteiger partial charge in [-0.2, -0.15) is 0 Å². The zero-order valence-corrected chi connectivity index (χ0v) is 10.6. The van der Waals surface area contributed by atoms with E-state index < -0.39 is 0 Å². The van der Waals surface area contributed by atoms with Crippen molar-refractivity contribution in [1.82, 2.24) is 9.88 Å². The van der Waals surface area contributed by atoms with E-state index in [9.17, 15) is 0 Å². The van der Waals surface area contributed by atoms with Gasteiger partial charge in [0.05, 0.1) is 0 Å². The van der Waals surface area contributed by atoms with Crippen molar-refractivity contribution in [3.8, 4) is 0 Å². The summed E-state index contributed by atoms with van der Waals surface area (Å²) in [6.45, 7) is 8.55. The molecule has 0 aliphatic rings. The molecule has 2 N–H and O–H groups in total. The van der Waals surface area contributed by atoms with Crippen LogP contribution < -0.4 is 5.73 Å². The molecular formula is C13H23N3. The van der Waals surface area contributed by atoms with Gasteiger partial charge in [-0.15, -0.1) is 0 Å². The maximum absolute atomic E-state index is 6.24. The summed E-state index contributed by atoms with van der Waals surface area (Å²) in [5, 5.41) is 0. The molecule has 0 radical (unpaired) electrons. The second-order valence-electron chi connectivity index (χ2n) is 4.02. The van der Waals surface area contributed by atoms with Gasteiger partial charge in [0.1, 0.15) is 0 Å². The van der Waals surface area contributed by atoms with Crippen LogP contribution in [0.3, 0.4) is 0 Å². The van der Waals surface area contributed by atoms with Crippen molar-refractivity contribution < 1.29 is 0 Å². The molecule has 0 aliphatic heterocycles. The van der Waals surface area contributed by atoms with Crippen molar-refractivity contribution in [2.24, 2.45) is 5.73 Å². The molecule has 3 nitrogen and oxygen atoms in total. The summed E-state index contributed by atoms with van der Waals surface area (Å²) < 4.78 is 0. The number of likely N-dealkylation sites (N-methyl/N-ethyl adjacent to an activating group) is 1. The van der Waals surface area contributed by atoms with Crippen LogP contribution in [0.5, 0.6) is 0 Å². The number of nitrogens with zero attached hydrogens (tertiary/aromatic N) is 2. The molecule has 1 aromatic rings. The summed E-state index contributed by atoms with van der Waals surface area (Å²) in [4.78, 5) is 6.47. The topological polar surface area (TPSA) is 42.1 Å². The molecule has 0 bridgehead atoms. The minimum absolute atomic E-state index is 0.183. The van der Waals surface area contributed by atoms with Crippen molar-refractivity contribution in [3.05, 3.63) is 30.1 Å². The highest BCUT2D eigenvalue weighted by molar-refractivity contribution is 5.17. The normalized spacial score (nSPS) is 15.1. The van der Waals surface area contributed by atoms with Crippen molar-refractivity contribution >= 4 is 0 Å². The second kappa shape index (κ2) is 6.61. The highest BCUT2D eigenvalue weighted by atomic mass is 15.2. The molecule has 2 unspecified atom stereocenters. The lowest BCUT2D eigenvalue weighted by Crippen LogP contribution is -2.40. The molecular weight excluding hydrogens is 198 g/mol. The van der Waals surface area contributed by atoms with E-state index in [0.29, 0.717) is 6.04 Å². The Morgan fingerprint density at radius 3 is 2.19 bits per heavy atom. The van der Waals surface area contributed by atoms with E-state index in [1.54, 1.807) is 0 Å². The Hall–Kier alpha value is -0.930. The summed E-state index contributed by atoms with van der Waals surface area (Å²) >= 11 is 0. The predicted molar refractivity (Wildman–Crippen MR) is 68.2 cm³/mol. The van der Waals surface area contributed by atoms with Gasteiger partial charge in [-0.1, -0.05) is 20.8 Å². The van der Waals surface area contributed by atoms with Crippen LogP contribution in [-0.4, -0.2) is 29.0 Å². The van der Waals surface area contributed by atoms with Gasteiger partial charge in [0.2, 0.25) is 0 Å².